The quantitative estimate of drug-likeness (QED) is 0.212. The van der Waals surface area contributed by atoms with Crippen molar-refractivity contribution in [2.24, 2.45) is 0 Å². The molecule has 0 fully saturated rings. The zero-order chi connectivity index (χ0) is 25.8. The van der Waals surface area contributed by atoms with E-state index < -0.39 is 0 Å². The van der Waals surface area contributed by atoms with Gasteiger partial charge in [-0.3, -0.25) is 0 Å². The minimum atomic E-state index is 0.480. The van der Waals surface area contributed by atoms with Gasteiger partial charge in [0.05, 0.1) is 37.9 Å². The second-order valence-electron chi connectivity index (χ2n) is 8.45. The van der Waals surface area contributed by atoms with Crippen LogP contribution in [0.5, 0.6) is 23.0 Å². The molecule has 0 saturated carbocycles. The van der Waals surface area contributed by atoms with E-state index in [0.29, 0.717) is 35.4 Å². The van der Waals surface area contributed by atoms with Crippen molar-refractivity contribution in [1.29, 1.82) is 0 Å². The molecule has 0 aliphatic rings. The predicted octanol–water partition coefficient (Wildman–Crippen LogP) is 7.01. The van der Waals surface area contributed by atoms with E-state index in [1.165, 1.54) is 0 Å². The molecule has 5 aromatic rings. The van der Waals surface area contributed by atoms with Crippen LogP contribution in [0.1, 0.15) is 11.1 Å². The minimum Gasteiger partial charge on any atom is -0.493 e. The number of benzene rings is 4. The van der Waals surface area contributed by atoms with Crippen LogP contribution in [-0.2, 0) is 13.2 Å². The van der Waals surface area contributed by atoms with Gasteiger partial charge in [0, 0.05) is 17.6 Å². The Morgan fingerprint density at radius 3 is 2.22 bits per heavy atom. The lowest BCUT2D eigenvalue weighted by atomic mass is 10.1. The summed E-state index contributed by atoms with van der Waals surface area (Å²) >= 11 is 6.13. The summed E-state index contributed by atoms with van der Waals surface area (Å²) in [5.41, 5.74) is 4.76. The Hall–Kier alpha value is -4.16. The Balaban J connectivity index is 1.61. The number of nitrogens with zero attached hydrogens (tertiary/aromatic N) is 2. The second-order valence-corrected chi connectivity index (χ2v) is 8.89. The molecule has 0 amide bonds. The average Bonchev–Trinajstić information content (AvgIpc) is 3.29. The summed E-state index contributed by atoms with van der Waals surface area (Å²) in [6.45, 7) is 1.07. The first kappa shape index (κ1) is 24.5. The second kappa shape index (κ2) is 10.8. The number of methoxy groups -OCH3 is 3. The van der Waals surface area contributed by atoms with E-state index in [-0.39, 0.29) is 0 Å². The number of rotatable bonds is 9. The molecule has 1 aromatic heterocycles. The summed E-state index contributed by atoms with van der Waals surface area (Å²) in [5.74, 6) is 3.14. The number of hydrogen-bond acceptors (Lipinski definition) is 5. The molecule has 5 rings (SSSR count). The first-order valence-electron chi connectivity index (χ1n) is 11.8. The Morgan fingerprint density at radius 2 is 1.51 bits per heavy atom. The summed E-state index contributed by atoms with van der Waals surface area (Å²) in [6, 6.07) is 27.7. The molecule has 4 aromatic carbocycles. The molecule has 1 heterocycles. The third-order valence-corrected chi connectivity index (χ3v) is 6.42. The molecule has 0 aliphatic heterocycles. The summed E-state index contributed by atoms with van der Waals surface area (Å²) in [4.78, 5) is 5.03. The minimum absolute atomic E-state index is 0.480. The van der Waals surface area contributed by atoms with Gasteiger partial charge in [0.25, 0.3) is 0 Å². The number of aromatic nitrogens is 2. The fourth-order valence-electron chi connectivity index (χ4n) is 4.36. The lowest BCUT2D eigenvalue weighted by molar-refractivity contribution is 0.306. The maximum absolute atomic E-state index is 6.13. The van der Waals surface area contributed by atoms with Crippen LogP contribution < -0.4 is 18.9 Å². The summed E-state index contributed by atoms with van der Waals surface area (Å²) < 4.78 is 25.1. The smallest absolute Gasteiger partial charge is 0.204 e. The topological polar surface area (TPSA) is 54.7 Å². The molecule has 0 saturated heterocycles. The monoisotopic (exact) mass is 514 g/mol. The van der Waals surface area contributed by atoms with Crippen LogP contribution in [0.2, 0.25) is 5.02 Å². The fourth-order valence-corrected chi connectivity index (χ4v) is 4.48. The third kappa shape index (κ3) is 5.06. The lowest BCUT2D eigenvalue weighted by Crippen LogP contribution is -2.04. The zero-order valence-electron chi connectivity index (χ0n) is 20.9. The molecule has 7 heteroatoms. The molecule has 6 nitrogen and oxygen atoms in total. The van der Waals surface area contributed by atoms with Crippen LogP contribution >= 0.6 is 11.6 Å². The van der Waals surface area contributed by atoms with Gasteiger partial charge in [0.15, 0.2) is 11.5 Å². The highest BCUT2D eigenvalue weighted by Crippen LogP contribution is 2.44. The molecular formula is C30H27ClN2O4. The van der Waals surface area contributed by atoms with Gasteiger partial charge in [-0.1, -0.05) is 54.1 Å². The standard InChI is InChI=1S/C30H27ClN2O4/c1-34-27-16-14-24(28(35-2)29(27)36-3)30-32-25-17-23(37-19-21-7-5-4-6-8-21)13-15-26(25)33(30)18-20-9-11-22(31)12-10-20/h4-17H,18-19H2,1-3H3. The van der Waals surface area contributed by atoms with E-state index in [4.69, 9.17) is 35.5 Å². The number of halogens is 1. The summed E-state index contributed by atoms with van der Waals surface area (Å²) in [6.07, 6.45) is 0. The normalized spacial score (nSPS) is 10.9. The zero-order valence-corrected chi connectivity index (χ0v) is 21.7. The lowest BCUT2D eigenvalue weighted by Gasteiger charge is -2.17. The Labute approximate surface area is 221 Å². The molecule has 0 bridgehead atoms. The first-order valence-corrected chi connectivity index (χ1v) is 12.2. The van der Waals surface area contributed by atoms with Crippen LogP contribution in [0, 0.1) is 0 Å². The maximum Gasteiger partial charge on any atom is 0.204 e. The van der Waals surface area contributed by atoms with Crippen LogP contribution in [0.4, 0.5) is 0 Å². The van der Waals surface area contributed by atoms with E-state index >= 15 is 0 Å². The van der Waals surface area contributed by atoms with Crippen molar-refractivity contribution in [3.8, 4) is 34.4 Å². The van der Waals surface area contributed by atoms with Gasteiger partial charge in [0.2, 0.25) is 5.75 Å². The van der Waals surface area contributed by atoms with Gasteiger partial charge < -0.3 is 23.5 Å². The van der Waals surface area contributed by atoms with E-state index in [1.54, 1.807) is 21.3 Å². The van der Waals surface area contributed by atoms with Gasteiger partial charge in [-0.25, -0.2) is 4.98 Å². The van der Waals surface area contributed by atoms with Crippen LogP contribution in [0.25, 0.3) is 22.4 Å². The van der Waals surface area contributed by atoms with Crippen LogP contribution in [-0.4, -0.2) is 30.9 Å². The highest BCUT2D eigenvalue weighted by Gasteiger charge is 2.22. The van der Waals surface area contributed by atoms with Crippen molar-refractivity contribution in [3.05, 3.63) is 101 Å². The Morgan fingerprint density at radius 1 is 0.757 bits per heavy atom. The van der Waals surface area contributed by atoms with Crippen molar-refractivity contribution in [1.82, 2.24) is 9.55 Å². The van der Waals surface area contributed by atoms with Crippen molar-refractivity contribution < 1.29 is 18.9 Å². The van der Waals surface area contributed by atoms with E-state index in [9.17, 15) is 0 Å². The number of hydrogen-bond donors (Lipinski definition) is 0. The van der Waals surface area contributed by atoms with E-state index in [0.717, 1.165) is 39.3 Å². The molecular weight excluding hydrogens is 488 g/mol. The average molecular weight is 515 g/mol. The largest absolute Gasteiger partial charge is 0.493 e. The predicted molar refractivity (Wildman–Crippen MR) is 146 cm³/mol. The summed E-state index contributed by atoms with van der Waals surface area (Å²) in [5, 5.41) is 0.696. The molecule has 188 valence electrons. The molecule has 0 unspecified atom stereocenters. The number of ether oxygens (including phenoxy) is 4. The Bertz CT molecular complexity index is 1510. The third-order valence-electron chi connectivity index (χ3n) is 6.17. The highest BCUT2D eigenvalue weighted by molar-refractivity contribution is 6.30. The highest BCUT2D eigenvalue weighted by atomic mass is 35.5. The van der Waals surface area contributed by atoms with Gasteiger partial charge in [-0.05, 0) is 47.5 Å². The van der Waals surface area contributed by atoms with Gasteiger partial charge in [-0.2, -0.15) is 0 Å². The molecule has 0 N–H and O–H groups in total. The van der Waals surface area contributed by atoms with Crippen molar-refractivity contribution >= 4 is 22.6 Å². The number of fused-ring (bicyclic) bond motifs is 1. The van der Waals surface area contributed by atoms with Gasteiger partial charge >= 0.3 is 0 Å². The van der Waals surface area contributed by atoms with Gasteiger partial charge in [0.1, 0.15) is 18.2 Å². The molecule has 37 heavy (non-hydrogen) atoms. The Kier molecular flexibility index (Phi) is 7.19. The first-order chi connectivity index (χ1) is 18.1. The van der Waals surface area contributed by atoms with E-state index in [1.807, 2.05) is 84.9 Å². The maximum atomic E-state index is 6.13. The molecule has 0 atom stereocenters. The fraction of sp³-hybridized carbons (Fsp3) is 0.167. The van der Waals surface area contributed by atoms with Crippen LogP contribution in [0.3, 0.4) is 0 Å². The van der Waals surface area contributed by atoms with Gasteiger partial charge in [-0.15, -0.1) is 0 Å². The van der Waals surface area contributed by atoms with Crippen LogP contribution in [0.15, 0.2) is 84.9 Å². The van der Waals surface area contributed by atoms with Crippen molar-refractivity contribution in [2.75, 3.05) is 21.3 Å². The van der Waals surface area contributed by atoms with Crippen molar-refractivity contribution in [2.45, 2.75) is 13.2 Å². The van der Waals surface area contributed by atoms with E-state index in [2.05, 4.69) is 4.57 Å². The van der Waals surface area contributed by atoms with Crippen molar-refractivity contribution in [3.63, 3.8) is 0 Å². The summed E-state index contributed by atoms with van der Waals surface area (Å²) in [7, 11) is 4.81. The SMILES string of the molecule is COc1ccc(-c2nc3cc(OCc4ccccc4)ccc3n2Cc2ccc(Cl)cc2)c(OC)c1OC. The molecule has 0 spiro atoms. The molecule has 0 radical (unpaired) electrons. The molecule has 0 aliphatic carbocycles. The number of imidazole rings is 1.